The lowest BCUT2D eigenvalue weighted by Gasteiger charge is -2.26. The number of ether oxygens (including phenoxy) is 2. The quantitative estimate of drug-likeness (QED) is 0.207. The van der Waals surface area contributed by atoms with Gasteiger partial charge in [0.1, 0.15) is 18.1 Å². The Balaban J connectivity index is 0.00000420. The number of nitrogens with zero attached hydrogens (tertiary/aromatic N) is 2. The number of nitrogens with one attached hydrogen (secondary N) is 2. The minimum atomic E-state index is 0. The topological polar surface area (TPSA) is 71.3 Å². The van der Waals surface area contributed by atoms with E-state index in [1.54, 1.807) is 20.4 Å². The molecule has 0 aliphatic heterocycles. The van der Waals surface area contributed by atoms with Crippen LogP contribution in [-0.2, 0) is 11.3 Å². The highest BCUT2D eigenvalue weighted by Crippen LogP contribution is 2.20. The number of rotatable bonds is 11. The van der Waals surface area contributed by atoms with Gasteiger partial charge in [-0.2, -0.15) is 0 Å². The summed E-state index contributed by atoms with van der Waals surface area (Å²) in [4.78, 5) is 6.48. The average Bonchev–Trinajstić information content (AvgIpc) is 3.22. The summed E-state index contributed by atoms with van der Waals surface area (Å²) in [6, 6.07) is 12.2. The van der Waals surface area contributed by atoms with Crippen molar-refractivity contribution >= 4 is 29.9 Å². The van der Waals surface area contributed by atoms with Gasteiger partial charge in [0, 0.05) is 26.7 Å². The molecule has 0 bridgehead atoms. The molecule has 0 aliphatic rings. The fourth-order valence-corrected chi connectivity index (χ4v) is 2.79. The van der Waals surface area contributed by atoms with Crippen LogP contribution in [0.1, 0.15) is 23.8 Å². The number of methoxy groups -OCH3 is 1. The van der Waals surface area contributed by atoms with Gasteiger partial charge in [-0.25, -0.2) is 0 Å². The SMILES string of the molecule is CN=C(NCCCOCc1ccco1)NCC(c1ccc(OC)cc1)N(C)C.I. The number of hydrogen-bond donors (Lipinski definition) is 2. The summed E-state index contributed by atoms with van der Waals surface area (Å²) in [6.07, 6.45) is 2.54. The Hall–Kier alpha value is -1.78. The van der Waals surface area contributed by atoms with Gasteiger partial charge in [0.15, 0.2) is 5.96 Å². The van der Waals surface area contributed by atoms with E-state index in [1.807, 2.05) is 24.3 Å². The summed E-state index contributed by atoms with van der Waals surface area (Å²) in [7, 11) is 7.60. The molecule has 0 radical (unpaired) electrons. The Morgan fingerprint density at radius 3 is 2.52 bits per heavy atom. The maximum absolute atomic E-state index is 5.59. The fourth-order valence-electron chi connectivity index (χ4n) is 2.79. The third-order valence-electron chi connectivity index (χ3n) is 4.39. The molecule has 7 nitrogen and oxygen atoms in total. The molecule has 1 aromatic heterocycles. The molecule has 0 spiro atoms. The second-order valence-electron chi connectivity index (χ2n) is 6.62. The van der Waals surface area contributed by atoms with Crippen LogP contribution in [0.15, 0.2) is 52.1 Å². The molecule has 2 aromatic rings. The molecule has 0 fully saturated rings. The molecular formula is C21H33IN4O3. The van der Waals surface area contributed by atoms with Gasteiger partial charge in [-0.1, -0.05) is 12.1 Å². The molecule has 2 N–H and O–H groups in total. The maximum Gasteiger partial charge on any atom is 0.191 e. The molecule has 1 aromatic carbocycles. The minimum absolute atomic E-state index is 0. The van der Waals surface area contributed by atoms with E-state index in [9.17, 15) is 0 Å². The lowest BCUT2D eigenvalue weighted by atomic mass is 10.1. The molecule has 1 heterocycles. The van der Waals surface area contributed by atoms with Crippen molar-refractivity contribution in [3.05, 3.63) is 54.0 Å². The van der Waals surface area contributed by atoms with Crippen LogP contribution < -0.4 is 15.4 Å². The number of furan rings is 1. The highest BCUT2D eigenvalue weighted by atomic mass is 127. The van der Waals surface area contributed by atoms with E-state index in [0.29, 0.717) is 13.2 Å². The van der Waals surface area contributed by atoms with Crippen molar-refractivity contribution in [3.63, 3.8) is 0 Å². The van der Waals surface area contributed by atoms with Crippen molar-refractivity contribution in [1.82, 2.24) is 15.5 Å². The Bertz CT molecular complexity index is 690. The monoisotopic (exact) mass is 516 g/mol. The molecular weight excluding hydrogens is 483 g/mol. The van der Waals surface area contributed by atoms with Gasteiger partial charge in [0.05, 0.1) is 19.4 Å². The van der Waals surface area contributed by atoms with E-state index >= 15 is 0 Å². The van der Waals surface area contributed by atoms with Crippen LogP contribution >= 0.6 is 24.0 Å². The zero-order valence-corrected chi connectivity index (χ0v) is 20.0. The summed E-state index contributed by atoms with van der Waals surface area (Å²) in [5.74, 6) is 2.49. The molecule has 0 saturated heterocycles. The highest BCUT2D eigenvalue weighted by Gasteiger charge is 2.14. The van der Waals surface area contributed by atoms with Crippen LogP contribution in [0.4, 0.5) is 0 Å². The average molecular weight is 516 g/mol. The maximum atomic E-state index is 5.59. The van der Waals surface area contributed by atoms with Gasteiger partial charge >= 0.3 is 0 Å². The summed E-state index contributed by atoms with van der Waals surface area (Å²) >= 11 is 0. The zero-order chi connectivity index (χ0) is 20.2. The second kappa shape index (κ2) is 14.2. The van der Waals surface area contributed by atoms with Crippen LogP contribution in [-0.4, -0.2) is 58.8 Å². The van der Waals surface area contributed by atoms with Crippen molar-refractivity contribution in [2.24, 2.45) is 4.99 Å². The predicted octanol–water partition coefficient (Wildman–Crippen LogP) is 3.28. The van der Waals surface area contributed by atoms with Crippen molar-refractivity contribution in [1.29, 1.82) is 0 Å². The third kappa shape index (κ3) is 9.05. The van der Waals surface area contributed by atoms with Crippen molar-refractivity contribution in [2.45, 2.75) is 19.1 Å². The van der Waals surface area contributed by atoms with E-state index in [4.69, 9.17) is 13.9 Å². The Morgan fingerprint density at radius 2 is 1.93 bits per heavy atom. The summed E-state index contributed by atoms with van der Waals surface area (Å²) in [5, 5.41) is 6.73. The van der Waals surface area contributed by atoms with Gasteiger partial charge in [0.25, 0.3) is 0 Å². The van der Waals surface area contributed by atoms with Crippen LogP contribution in [0.25, 0.3) is 0 Å². The third-order valence-corrected chi connectivity index (χ3v) is 4.39. The molecule has 29 heavy (non-hydrogen) atoms. The standard InChI is InChI=1S/C21H32N4O3.HI/c1-22-21(23-12-6-13-27-16-19-7-5-14-28-19)24-15-20(25(2)3)17-8-10-18(26-4)11-9-17;/h5,7-11,14,20H,6,12-13,15-16H2,1-4H3,(H2,22,23,24);1H. The van der Waals surface area contributed by atoms with Crippen LogP contribution in [0.3, 0.4) is 0 Å². The number of aliphatic imine (C=N–C) groups is 1. The molecule has 8 heteroatoms. The Morgan fingerprint density at radius 1 is 1.17 bits per heavy atom. The second-order valence-corrected chi connectivity index (χ2v) is 6.62. The minimum Gasteiger partial charge on any atom is -0.497 e. The summed E-state index contributed by atoms with van der Waals surface area (Å²) in [5.41, 5.74) is 1.22. The van der Waals surface area contributed by atoms with Gasteiger partial charge in [0.2, 0.25) is 0 Å². The van der Waals surface area contributed by atoms with E-state index in [-0.39, 0.29) is 30.0 Å². The number of guanidine groups is 1. The molecule has 1 unspecified atom stereocenters. The van der Waals surface area contributed by atoms with E-state index in [0.717, 1.165) is 37.0 Å². The van der Waals surface area contributed by atoms with E-state index in [1.165, 1.54) is 5.56 Å². The fraction of sp³-hybridized carbons (Fsp3) is 0.476. The smallest absolute Gasteiger partial charge is 0.191 e. The van der Waals surface area contributed by atoms with Crippen molar-refractivity contribution in [2.75, 3.05) is 47.9 Å². The lowest BCUT2D eigenvalue weighted by molar-refractivity contribution is 0.105. The molecule has 0 aliphatic carbocycles. The normalized spacial score (nSPS) is 12.4. The largest absolute Gasteiger partial charge is 0.497 e. The first kappa shape index (κ1) is 25.3. The van der Waals surface area contributed by atoms with Crippen LogP contribution in [0.5, 0.6) is 5.75 Å². The predicted molar refractivity (Wildman–Crippen MR) is 127 cm³/mol. The zero-order valence-electron chi connectivity index (χ0n) is 17.7. The van der Waals surface area contributed by atoms with Gasteiger partial charge in [-0.05, 0) is 50.3 Å². The number of hydrogen-bond acceptors (Lipinski definition) is 5. The molecule has 1 atom stereocenters. The van der Waals surface area contributed by atoms with Crippen LogP contribution in [0.2, 0.25) is 0 Å². The molecule has 2 rings (SSSR count). The van der Waals surface area contributed by atoms with Crippen molar-refractivity contribution in [3.8, 4) is 5.75 Å². The van der Waals surface area contributed by atoms with E-state index < -0.39 is 0 Å². The summed E-state index contributed by atoms with van der Waals surface area (Å²) < 4.78 is 16.1. The number of halogens is 1. The first-order valence-electron chi connectivity index (χ1n) is 9.49. The molecule has 0 amide bonds. The van der Waals surface area contributed by atoms with Gasteiger partial charge in [-0.15, -0.1) is 24.0 Å². The number of benzene rings is 1. The first-order valence-corrected chi connectivity index (χ1v) is 9.49. The van der Waals surface area contributed by atoms with Crippen LogP contribution in [0, 0.1) is 0 Å². The first-order chi connectivity index (χ1) is 13.6. The van der Waals surface area contributed by atoms with Crippen molar-refractivity contribution < 1.29 is 13.9 Å². The van der Waals surface area contributed by atoms with Gasteiger partial charge in [-0.3, -0.25) is 4.99 Å². The summed E-state index contributed by atoms with van der Waals surface area (Å²) in [6.45, 7) is 2.70. The number of likely N-dealkylation sites (N-methyl/N-ethyl adjacent to an activating group) is 1. The molecule has 162 valence electrons. The highest BCUT2D eigenvalue weighted by molar-refractivity contribution is 14.0. The lowest BCUT2D eigenvalue weighted by Crippen LogP contribution is -2.42. The Labute approximate surface area is 190 Å². The van der Waals surface area contributed by atoms with E-state index in [2.05, 4.69) is 46.8 Å². The van der Waals surface area contributed by atoms with Gasteiger partial charge < -0.3 is 29.4 Å². The Kier molecular flexibility index (Phi) is 12.4. The molecule has 0 saturated carbocycles.